The number of nitrogens with zero attached hydrogens (tertiary/aromatic N) is 12. The molecule has 0 aliphatic carbocycles. The largest absolute Gasteiger partial charge is 0.459 e. The molecular weight excluding hydrogens is 1210 g/mol. The molecule has 0 radical (unpaired) electrons. The van der Waals surface area contributed by atoms with Crippen LogP contribution in [0.2, 0.25) is 0 Å². The van der Waals surface area contributed by atoms with Crippen LogP contribution in [0.1, 0.15) is 119 Å². The summed E-state index contributed by atoms with van der Waals surface area (Å²) in [5.74, 6) is -3.97. The quantitative estimate of drug-likeness (QED) is 0.0287. The fourth-order valence-corrected chi connectivity index (χ4v) is 12.8. The molecule has 2 aromatic carbocycles. The Hall–Kier alpha value is -6.33. The second kappa shape index (κ2) is 30.0. The molecule has 0 N–H and O–H groups in total. The smallest absolute Gasteiger partial charge is 0.338 e. The van der Waals surface area contributed by atoms with Crippen LogP contribution in [0, 0.1) is 41.4 Å². The number of esters is 3. The number of halogens is 2. The predicted octanol–water partition coefficient (Wildman–Crippen LogP) is 7.60. The van der Waals surface area contributed by atoms with E-state index >= 15 is 0 Å². The van der Waals surface area contributed by atoms with Crippen LogP contribution >= 0.6 is 23.2 Å². The summed E-state index contributed by atoms with van der Waals surface area (Å²) in [7, 11) is 0. The minimum Gasteiger partial charge on any atom is -0.459 e. The number of hydrogen-bond donors (Lipinski definition) is 0. The van der Waals surface area contributed by atoms with Crippen LogP contribution in [0.5, 0.6) is 0 Å². The zero-order chi connectivity index (χ0) is 63.8. The highest BCUT2D eigenvalue weighted by Crippen LogP contribution is 2.46. The molecule has 4 aromatic heterocycles. The van der Waals surface area contributed by atoms with Gasteiger partial charge in [-0.2, -0.15) is 0 Å². The molecule has 26 nitrogen and oxygen atoms in total. The number of aromatic nitrogens is 12. The van der Waals surface area contributed by atoms with E-state index in [4.69, 9.17) is 75.3 Å². The maximum absolute atomic E-state index is 13.6. The van der Waals surface area contributed by atoms with Crippen molar-refractivity contribution in [3.63, 3.8) is 0 Å². The third-order valence-electron chi connectivity index (χ3n) is 18.1. The summed E-state index contributed by atoms with van der Waals surface area (Å²) in [4.78, 5) is 39.5. The van der Waals surface area contributed by atoms with Gasteiger partial charge in [0.25, 0.3) is 0 Å². The van der Waals surface area contributed by atoms with Gasteiger partial charge in [-0.15, -0.1) is 43.6 Å². The van der Waals surface area contributed by atoms with Crippen LogP contribution in [0.25, 0.3) is 0 Å². The maximum Gasteiger partial charge on any atom is 0.338 e. The number of carbonyl (C=O) groups excluding carboxylic acids is 3. The lowest BCUT2D eigenvalue weighted by molar-refractivity contribution is -0.338. The summed E-state index contributed by atoms with van der Waals surface area (Å²) in [5, 5.41) is 34.5. The Balaban J connectivity index is 0.753. The van der Waals surface area contributed by atoms with E-state index < -0.39 is 85.1 Å². The van der Waals surface area contributed by atoms with Gasteiger partial charge in [0, 0.05) is 31.2 Å². The number of alkyl halides is 2. The van der Waals surface area contributed by atoms with Crippen molar-refractivity contribution >= 4 is 41.1 Å². The molecule has 6 aromatic rings. The third kappa shape index (κ3) is 15.6. The summed E-state index contributed by atoms with van der Waals surface area (Å²) >= 11 is 13.4. The zero-order valence-electron chi connectivity index (χ0n) is 52.4. The summed E-state index contributed by atoms with van der Waals surface area (Å²) in [5.41, 5.74) is 3.01. The van der Waals surface area contributed by atoms with E-state index in [1.54, 1.807) is 92.0 Å². The van der Waals surface area contributed by atoms with Gasteiger partial charge in [-0.05, 0) is 55.4 Å². The molecular formula is C62H82Cl2N12O14. The molecule has 28 heteroatoms. The second-order valence-electron chi connectivity index (χ2n) is 24.2. The van der Waals surface area contributed by atoms with E-state index in [0.29, 0.717) is 60.0 Å². The lowest BCUT2D eigenvalue weighted by Crippen LogP contribution is -2.53. The molecule has 0 spiro atoms. The minimum atomic E-state index is -1.34. The molecule has 488 valence electrons. The van der Waals surface area contributed by atoms with Gasteiger partial charge in [-0.3, -0.25) is 9.48 Å². The van der Waals surface area contributed by atoms with Gasteiger partial charge in [0.15, 0.2) is 36.9 Å². The Kier molecular flexibility index (Phi) is 22.2. The van der Waals surface area contributed by atoms with Gasteiger partial charge in [-0.1, -0.05) is 113 Å². The molecule has 4 aliphatic heterocycles. The monoisotopic (exact) mass is 1290 g/mol. The van der Waals surface area contributed by atoms with Gasteiger partial charge in [0.05, 0.1) is 117 Å². The summed E-state index contributed by atoms with van der Waals surface area (Å²) in [6, 6.07) is 17.6. The number of carbonyl (C=O) groups is 3. The van der Waals surface area contributed by atoms with Crippen molar-refractivity contribution in [2.75, 3.05) is 5.88 Å². The molecule has 0 amide bonds. The molecule has 90 heavy (non-hydrogen) atoms. The van der Waals surface area contributed by atoms with Gasteiger partial charge in [-0.25, -0.2) is 23.6 Å². The zero-order valence-corrected chi connectivity index (χ0v) is 53.9. The van der Waals surface area contributed by atoms with Crippen molar-refractivity contribution in [1.82, 2.24) is 60.0 Å². The highest BCUT2D eigenvalue weighted by atomic mass is 35.5. The molecule has 0 saturated carbocycles. The number of benzene rings is 2. The fraction of sp³-hybridized carbons (Fsp3) is 0.629. The first kappa shape index (κ1) is 66.6. The van der Waals surface area contributed by atoms with Crippen molar-refractivity contribution in [1.29, 1.82) is 0 Å². The van der Waals surface area contributed by atoms with E-state index in [1.165, 1.54) is 6.92 Å². The molecule has 0 bridgehead atoms. The number of ether oxygens (including phenoxy) is 11. The standard InChI is InChI=1S/C62H82Cl2N12O14/c1-11-49-53(64)37(5)40(8)59(84-49)90-62(34-63)41(9)56(83-42(10)77)52(89-62)29-76-25-46(66-71-76)31-80-30-45-24-74(70-65-45)27-50-35(3)38(6)55(88-58(79)44-21-17-14-18-22-44)61(85-50)82-33-48-26-75(72-68-48)28-51-36(4)39(7)54(87-57(78)43-19-15-13-16-20-43)60(86-51)81-32-47-23-73(12-2)69-67-47/h13-26,35-41,49-56,59-61H,11-12,27-34H2,1-10H3/t35-,36-,37+,38-,39-,40?,41-,49+,50+,51+,52+,53+,54-,55-,56-,59+,60?,61?,62?/m0/s1. The van der Waals surface area contributed by atoms with Crippen LogP contribution in [0.3, 0.4) is 0 Å². The average molecular weight is 1290 g/mol. The van der Waals surface area contributed by atoms with Gasteiger partial charge in [0.1, 0.15) is 35.0 Å². The molecule has 19 atom stereocenters. The van der Waals surface area contributed by atoms with Crippen molar-refractivity contribution in [3.8, 4) is 0 Å². The van der Waals surface area contributed by atoms with E-state index in [1.807, 2.05) is 67.5 Å². The predicted molar refractivity (Wildman–Crippen MR) is 320 cm³/mol. The normalized spacial score (nSPS) is 32.0. The number of hydrogen-bond acceptors (Lipinski definition) is 22. The first-order valence-corrected chi connectivity index (χ1v) is 31.9. The number of rotatable bonds is 26. The van der Waals surface area contributed by atoms with Crippen LogP contribution in [0.15, 0.2) is 85.5 Å². The van der Waals surface area contributed by atoms with Gasteiger partial charge < -0.3 is 52.1 Å². The third-order valence-corrected chi connectivity index (χ3v) is 19.2. The van der Waals surface area contributed by atoms with E-state index in [-0.39, 0.29) is 85.8 Å². The topological polar surface area (TPSA) is 276 Å². The highest BCUT2D eigenvalue weighted by molar-refractivity contribution is 6.21. The Labute approximate surface area is 533 Å². The lowest BCUT2D eigenvalue weighted by atomic mass is 9.83. The first-order chi connectivity index (χ1) is 43.3. The first-order valence-electron chi connectivity index (χ1n) is 30.9. The molecule has 4 unspecified atom stereocenters. The summed E-state index contributed by atoms with van der Waals surface area (Å²) in [6.07, 6.45) is 1.15. The maximum atomic E-state index is 13.6. The van der Waals surface area contributed by atoms with Crippen molar-refractivity contribution in [2.24, 2.45) is 41.4 Å². The minimum absolute atomic E-state index is 0.0354. The highest BCUT2D eigenvalue weighted by Gasteiger charge is 2.58. The van der Waals surface area contributed by atoms with Crippen LogP contribution in [-0.4, -0.2) is 157 Å². The number of aryl methyl sites for hydroxylation is 1. The fourth-order valence-electron chi connectivity index (χ4n) is 12.0. The van der Waals surface area contributed by atoms with Crippen LogP contribution in [-0.2, 0) is 110 Å². The molecule has 4 aliphatic rings. The molecule has 10 rings (SSSR count). The van der Waals surface area contributed by atoms with Gasteiger partial charge in [0.2, 0.25) is 0 Å². The Morgan fingerprint density at radius 1 is 0.522 bits per heavy atom. The van der Waals surface area contributed by atoms with Gasteiger partial charge >= 0.3 is 17.9 Å². The van der Waals surface area contributed by atoms with Crippen LogP contribution < -0.4 is 0 Å². The van der Waals surface area contributed by atoms with Crippen molar-refractivity contribution in [3.05, 3.63) is 119 Å². The Bertz CT molecular complexity index is 3280. The van der Waals surface area contributed by atoms with Crippen LogP contribution in [0.4, 0.5) is 0 Å². The average Bonchev–Trinajstić information content (AvgIpc) is 1.56. The SMILES string of the molecule is CC[C@H]1O[C@H](OC2(CCl)O[C@H](Cn3cc(COCc4cn(C[C@H]5OC(OCc6cn(C[C@H]7OC(OCc8cn(CC)nn8)[C@@H](OC(=O)c8ccccc8)[C@@H](C)[C@@H]7C)nn6)[C@@H](OC(=O)c6ccccc6)[C@@H](C)[C@@H]5C)nn4)nn3)[C@@H](OC(C)=O)[C@@H]2C)C(C)[C@@H](C)[C@H]1Cl. The second-order valence-corrected chi connectivity index (χ2v) is 24.9. The molecule has 8 heterocycles. The molecule has 4 saturated heterocycles. The van der Waals surface area contributed by atoms with E-state index in [2.05, 4.69) is 48.2 Å². The van der Waals surface area contributed by atoms with E-state index in [9.17, 15) is 14.4 Å². The van der Waals surface area contributed by atoms with E-state index in [0.717, 1.165) is 0 Å². The Morgan fingerprint density at radius 3 is 1.39 bits per heavy atom. The summed E-state index contributed by atoms with van der Waals surface area (Å²) < 4.78 is 76.7. The Morgan fingerprint density at radius 2 is 0.956 bits per heavy atom. The summed E-state index contributed by atoms with van der Waals surface area (Å²) in [6.45, 7) is 21.1. The van der Waals surface area contributed by atoms with Crippen molar-refractivity contribution in [2.45, 2.75) is 201 Å². The lowest BCUT2D eigenvalue weighted by Gasteiger charge is -2.45. The van der Waals surface area contributed by atoms with Crippen molar-refractivity contribution < 1.29 is 66.5 Å². The molecule has 4 fully saturated rings.